The second kappa shape index (κ2) is 4.99. The molecule has 11 heteroatoms. The molecule has 0 atom stereocenters. The summed E-state index contributed by atoms with van der Waals surface area (Å²) in [5.41, 5.74) is 0. The van der Waals surface area contributed by atoms with Crippen molar-refractivity contribution in [3.63, 3.8) is 0 Å². The number of aliphatic carboxylic acids is 1. The third-order valence-corrected chi connectivity index (χ3v) is 1.02. The molecule has 4 nitrogen and oxygen atoms in total. The molecule has 0 unspecified atom stereocenters. The van der Waals surface area contributed by atoms with E-state index in [1.807, 2.05) is 0 Å². The van der Waals surface area contributed by atoms with E-state index in [1.54, 1.807) is 0 Å². The predicted octanol–water partition coefficient (Wildman–Crippen LogP) is 1.60. The van der Waals surface area contributed by atoms with Gasteiger partial charge in [-0.1, -0.05) is 0 Å². The zero-order valence-corrected chi connectivity index (χ0v) is 6.93. The Kier molecular flexibility index (Phi) is 5.25. The minimum Gasteiger partial charge on any atom is -0.483 e. The molecule has 0 aromatic rings. The molecule has 0 rings (SSSR count). The Balaban J connectivity index is 0. The lowest BCUT2D eigenvalue weighted by atomic mass is 10.1. The van der Waals surface area contributed by atoms with E-state index in [-0.39, 0.29) is 6.47 Å². The van der Waals surface area contributed by atoms with Crippen LogP contribution in [-0.2, 0) is 9.59 Å². The van der Waals surface area contributed by atoms with Crippen molar-refractivity contribution in [3.05, 3.63) is 0 Å². The van der Waals surface area contributed by atoms with Crippen LogP contribution in [0.5, 0.6) is 0 Å². The molecule has 2 N–H and O–H groups in total. The highest BCUT2D eigenvalue weighted by molar-refractivity contribution is 5.76. The summed E-state index contributed by atoms with van der Waals surface area (Å²) in [6, 6.07) is 0. The summed E-state index contributed by atoms with van der Waals surface area (Å²) in [7, 11) is 0. The molecule has 0 aromatic carbocycles. The van der Waals surface area contributed by atoms with Gasteiger partial charge in [0.1, 0.15) is 0 Å². The number of rotatable bonds is 2. The van der Waals surface area contributed by atoms with Crippen LogP contribution in [0.15, 0.2) is 0 Å². The van der Waals surface area contributed by atoms with E-state index in [0.717, 1.165) is 0 Å². The zero-order chi connectivity index (χ0) is 13.8. The van der Waals surface area contributed by atoms with Crippen molar-refractivity contribution >= 4 is 12.4 Å². The molecule has 0 radical (unpaired) electrons. The average molecular weight is 260 g/mol. The standard InChI is InChI=1S/C4HF7O2.CH2O2/c5-2(6,1(12)13)3(7,8)4(9,10)11;2-1-3/h(H,12,13);1H,(H,2,3). The summed E-state index contributed by atoms with van der Waals surface area (Å²) >= 11 is 0. The van der Waals surface area contributed by atoms with Crippen LogP contribution in [0.4, 0.5) is 30.7 Å². The van der Waals surface area contributed by atoms with Gasteiger partial charge in [-0.3, -0.25) is 4.79 Å². The molecule has 0 heterocycles. The van der Waals surface area contributed by atoms with Crippen molar-refractivity contribution in [1.29, 1.82) is 0 Å². The average Bonchev–Trinajstić information content (AvgIpc) is 2.02. The lowest BCUT2D eigenvalue weighted by Crippen LogP contribution is -2.56. The maximum atomic E-state index is 11.8. The van der Waals surface area contributed by atoms with Crippen molar-refractivity contribution in [1.82, 2.24) is 0 Å². The molecule has 0 fully saturated rings. The van der Waals surface area contributed by atoms with Crippen LogP contribution in [0.2, 0.25) is 0 Å². The smallest absolute Gasteiger partial charge is 0.460 e. The second-order valence-electron chi connectivity index (χ2n) is 2.06. The molecule has 0 saturated carbocycles. The van der Waals surface area contributed by atoms with Gasteiger partial charge in [0.2, 0.25) is 0 Å². The van der Waals surface area contributed by atoms with Crippen LogP contribution in [-0.4, -0.2) is 40.7 Å². The van der Waals surface area contributed by atoms with Gasteiger partial charge in [0.05, 0.1) is 0 Å². The van der Waals surface area contributed by atoms with E-state index >= 15 is 0 Å². The van der Waals surface area contributed by atoms with Gasteiger partial charge in [-0.2, -0.15) is 30.7 Å². The van der Waals surface area contributed by atoms with Crippen molar-refractivity contribution in [2.75, 3.05) is 0 Å². The van der Waals surface area contributed by atoms with Gasteiger partial charge in [0.25, 0.3) is 6.47 Å². The van der Waals surface area contributed by atoms with E-state index in [4.69, 9.17) is 15.0 Å². The Morgan fingerprint density at radius 1 is 1.00 bits per heavy atom. The summed E-state index contributed by atoms with van der Waals surface area (Å²) in [6.45, 7) is -0.250. The van der Waals surface area contributed by atoms with Gasteiger partial charge in [-0.25, -0.2) is 4.79 Å². The van der Waals surface area contributed by atoms with Crippen molar-refractivity contribution in [2.45, 2.75) is 18.0 Å². The van der Waals surface area contributed by atoms with E-state index in [1.165, 1.54) is 0 Å². The molecular formula is C5H3F7O4. The first-order valence-electron chi connectivity index (χ1n) is 2.99. The SMILES string of the molecule is O=C(O)C(F)(F)C(F)(F)C(F)(F)F.O=CO. The molecule has 0 aliphatic rings. The lowest BCUT2D eigenvalue weighted by molar-refractivity contribution is -0.347. The molecular weight excluding hydrogens is 257 g/mol. The quantitative estimate of drug-likeness (QED) is 0.584. The highest BCUT2D eigenvalue weighted by Gasteiger charge is 2.76. The van der Waals surface area contributed by atoms with Crippen LogP contribution in [0, 0.1) is 0 Å². The van der Waals surface area contributed by atoms with Gasteiger partial charge in [-0.05, 0) is 0 Å². The van der Waals surface area contributed by atoms with Crippen LogP contribution in [0.3, 0.4) is 0 Å². The molecule has 0 aliphatic carbocycles. The molecule has 0 saturated heterocycles. The van der Waals surface area contributed by atoms with E-state index < -0.39 is 24.0 Å². The number of alkyl halides is 7. The Morgan fingerprint density at radius 3 is 1.31 bits per heavy atom. The molecule has 16 heavy (non-hydrogen) atoms. The fraction of sp³-hybridized carbons (Fsp3) is 0.600. The van der Waals surface area contributed by atoms with Crippen LogP contribution in [0.25, 0.3) is 0 Å². The Bertz CT molecular complexity index is 258. The number of hydrogen-bond acceptors (Lipinski definition) is 2. The maximum Gasteiger partial charge on any atom is 0.460 e. The van der Waals surface area contributed by atoms with E-state index in [2.05, 4.69) is 0 Å². The first kappa shape index (κ1) is 16.9. The number of carbonyl (C=O) groups is 2. The molecule has 0 aliphatic heterocycles. The van der Waals surface area contributed by atoms with Crippen LogP contribution < -0.4 is 0 Å². The minimum atomic E-state index is -6.60. The molecule has 0 bridgehead atoms. The molecule has 0 amide bonds. The normalized spacial score (nSPS) is 12.4. The maximum absolute atomic E-state index is 11.8. The molecule has 0 spiro atoms. The van der Waals surface area contributed by atoms with Crippen molar-refractivity contribution in [2.24, 2.45) is 0 Å². The zero-order valence-electron chi connectivity index (χ0n) is 6.93. The summed E-state index contributed by atoms with van der Waals surface area (Å²) in [5.74, 6) is -16.3. The van der Waals surface area contributed by atoms with Gasteiger partial charge in [-0.15, -0.1) is 0 Å². The van der Waals surface area contributed by atoms with Crippen molar-refractivity contribution in [3.8, 4) is 0 Å². The number of carboxylic acid groups (broad SMARTS) is 2. The first-order chi connectivity index (χ1) is 6.86. The van der Waals surface area contributed by atoms with E-state index in [9.17, 15) is 35.5 Å². The fourth-order valence-electron chi connectivity index (χ4n) is 0.312. The topological polar surface area (TPSA) is 74.6 Å². The number of carboxylic acids is 1. The van der Waals surface area contributed by atoms with Gasteiger partial charge in [0.15, 0.2) is 0 Å². The van der Waals surface area contributed by atoms with Gasteiger partial charge < -0.3 is 10.2 Å². The van der Waals surface area contributed by atoms with Gasteiger partial charge in [0, 0.05) is 0 Å². The fourth-order valence-corrected chi connectivity index (χ4v) is 0.312. The first-order valence-corrected chi connectivity index (χ1v) is 2.99. The third kappa shape index (κ3) is 3.24. The second-order valence-corrected chi connectivity index (χ2v) is 2.06. The highest BCUT2D eigenvalue weighted by atomic mass is 19.4. The summed E-state index contributed by atoms with van der Waals surface area (Å²) in [4.78, 5) is 17.7. The van der Waals surface area contributed by atoms with Crippen LogP contribution in [0.1, 0.15) is 0 Å². The summed E-state index contributed by atoms with van der Waals surface area (Å²) < 4.78 is 80.5. The Hall–Kier alpha value is -1.55. The van der Waals surface area contributed by atoms with Crippen molar-refractivity contribution < 1.29 is 50.5 Å². The molecule has 96 valence electrons. The highest BCUT2D eigenvalue weighted by Crippen LogP contribution is 2.46. The predicted molar refractivity (Wildman–Crippen MR) is 32.3 cm³/mol. The number of halogens is 7. The summed E-state index contributed by atoms with van der Waals surface area (Å²) in [5, 5.41) is 14.3. The Morgan fingerprint density at radius 2 is 1.25 bits per heavy atom. The largest absolute Gasteiger partial charge is 0.483 e. The Labute approximate surface area is 82.3 Å². The number of hydrogen-bond donors (Lipinski definition) is 2. The lowest BCUT2D eigenvalue weighted by Gasteiger charge is -2.24. The third-order valence-electron chi connectivity index (χ3n) is 1.02. The molecule has 0 aromatic heterocycles. The van der Waals surface area contributed by atoms with Crippen LogP contribution >= 0.6 is 0 Å². The summed E-state index contributed by atoms with van der Waals surface area (Å²) in [6.07, 6.45) is -6.60. The van der Waals surface area contributed by atoms with E-state index in [0.29, 0.717) is 0 Å². The minimum absolute atomic E-state index is 0.250. The monoisotopic (exact) mass is 260 g/mol. The van der Waals surface area contributed by atoms with Gasteiger partial charge >= 0.3 is 24.0 Å².